The van der Waals surface area contributed by atoms with E-state index in [9.17, 15) is 4.79 Å². The van der Waals surface area contributed by atoms with Crippen molar-refractivity contribution in [2.75, 3.05) is 6.61 Å². The van der Waals surface area contributed by atoms with Crippen molar-refractivity contribution in [3.05, 3.63) is 24.3 Å². The van der Waals surface area contributed by atoms with Crippen molar-refractivity contribution in [2.24, 2.45) is 0 Å². The smallest absolute Gasteiger partial charge is 0.233 e. The van der Waals surface area contributed by atoms with E-state index in [1.807, 2.05) is 38.1 Å². The summed E-state index contributed by atoms with van der Waals surface area (Å²) in [5.74, 6) is 1.01. The number of hydrogen-bond acceptors (Lipinski definition) is 3. The molecule has 0 bridgehead atoms. The zero-order valence-corrected chi connectivity index (χ0v) is 11.6. The van der Waals surface area contributed by atoms with Gasteiger partial charge in [-0.3, -0.25) is 4.79 Å². The first-order valence-electron chi connectivity index (χ1n) is 6.39. The molecule has 0 aromatic heterocycles. The third-order valence-electron chi connectivity index (χ3n) is 2.74. The van der Waals surface area contributed by atoms with E-state index in [0.717, 1.165) is 23.5 Å². The lowest BCUT2D eigenvalue weighted by molar-refractivity contribution is -0.120. The summed E-state index contributed by atoms with van der Waals surface area (Å²) in [6.07, 6.45) is 2.26. The van der Waals surface area contributed by atoms with Gasteiger partial charge in [0, 0.05) is 10.9 Å². The quantitative estimate of drug-likeness (QED) is 0.804. The number of rotatable bonds is 6. The molecule has 1 aromatic rings. The van der Waals surface area contributed by atoms with Crippen molar-refractivity contribution in [1.82, 2.24) is 5.32 Å². The predicted molar refractivity (Wildman–Crippen MR) is 74.1 cm³/mol. The van der Waals surface area contributed by atoms with E-state index in [1.165, 1.54) is 0 Å². The van der Waals surface area contributed by atoms with Gasteiger partial charge in [-0.2, -0.15) is 0 Å². The third kappa shape index (κ3) is 3.95. The van der Waals surface area contributed by atoms with Crippen molar-refractivity contribution in [2.45, 2.75) is 42.9 Å². The molecule has 2 rings (SSSR count). The second-order valence-corrected chi connectivity index (χ2v) is 5.86. The van der Waals surface area contributed by atoms with Gasteiger partial charge in [-0.25, -0.2) is 0 Å². The molecule has 1 N–H and O–H groups in total. The average molecular weight is 265 g/mol. The van der Waals surface area contributed by atoms with Gasteiger partial charge in [0.2, 0.25) is 5.91 Å². The molecule has 98 valence electrons. The van der Waals surface area contributed by atoms with Crippen molar-refractivity contribution in [3.8, 4) is 5.75 Å². The summed E-state index contributed by atoms with van der Waals surface area (Å²) in [5.41, 5.74) is 0. The molecule has 1 aliphatic carbocycles. The van der Waals surface area contributed by atoms with E-state index in [4.69, 9.17) is 4.74 Å². The summed E-state index contributed by atoms with van der Waals surface area (Å²) in [5, 5.41) is 2.97. The highest BCUT2D eigenvalue weighted by atomic mass is 32.2. The van der Waals surface area contributed by atoms with Crippen molar-refractivity contribution in [3.63, 3.8) is 0 Å². The largest absolute Gasteiger partial charge is 0.494 e. The highest BCUT2D eigenvalue weighted by Gasteiger charge is 2.25. The Morgan fingerprint density at radius 2 is 2.11 bits per heavy atom. The Labute approximate surface area is 112 Å². The highest BCUT2D eigenvalue weighted by Crippen LogP contribution is 2.26. The number of nitrogens with one attached hydrogen (secondary N) is 1. The van der Waals surface area contributed by atoms with E-state index in [2.05, 4.69) is 5.32 Å². The molecule has 3 nitrogen and oxygen atoms in total. The monoisotopic (exact) mass is 265 g/mol. The van der Waals surface area contributed by atoms with E-state index < -0.39 is 0 Å². The van der Waals surface area contributed by atoms with Gasteiger partial charge >= 0.3 is 0 Å². The molecule has 1 amide bonds. The minimum atomic E-state index is -0.0523. The lowest BCUT2D eigenvalue weighted by atomic mass is 10.3. The first-order chi connectivity index (χ1) is 8.69. The van der Waals surface area contributed by atoms with E-state index >= 15 is 0 Å². The Morgan fingerprint density at radius 1 is 1.44 bits per heavy atom. The van der Waals surface area contributed by atoms with E-state index in [1.54, 1.807) is 11.8 Å². The lowest BCUT2D eigenvalue weighted by Gasteiger charge is -2.11. The van der Waals surface area contributed by atoms with Crippen LogP contribution in [0.1, 0.15) is 26.7 Å². The number of amides is 1. The fourth-order valence-electron chi connectivity index (χ4n) is 1.58. The lowest BCUT2D eigenvalue weighted by Crippen LogP contribution is -2.32. The standard InChI is InChI=1S/C14H19NO2S/c1-3-17-12-6-8-13(9-7-12)18-10(2)14(16)15-11-4-5-11/h6-11H,3-5H2,1-2H3,(H,15,16)/t10-/m0/s1. The molecule has 1 saturated carbocycles. The Morgan fingerprint density at radius 3 is 2.67 bits per heavy atom. The molecule has 4 heteroatoms. The summed E-state index contributed by atoms with van der Waals surface area (Å²) < 4.78 is 5.39. The number of carbonyl (C=O) groups is 1. The van der Waals surface area contributed by atoms with Gasteiger partial charge in [-0.05, 0) is 51.0 Å². The molecule has 1 aliphatic rings. The van der Waals surface area contributed by atoms with Gasteiger partial charge in [0.25, 0.3) is 0 Å². The maximum Gasteiger partial charge on any atom is 0.233 e. The third-order valence-corrected chi connectivity index (χ3v) is 3.85. The van der Waals surface area contributed by atoms with Crippen LogP contribution in [0.2, 0.25) is 0 Å². The first kappa shape index (κ1) is 13.3. The summed E-state index contributed by atoms with van der Waals surface area (Å²) in [6.45, 7) is 4.58. The topological polar surface area (TPSA) is 38.3 Å². The summed E-state index contributed by atoms with van der Waals surface area (Å²) in [4.78, 5) is 12.9. The van der Waals surface area contributed by atoms with E-state index in [0.29, 0.717) is 12.6 Å². The summed E-state index contributed by atoms with van der Waals surface area (Å²) >= 11 is 1.58. The minimum Gasteiger partial charge on any atom is -0.494 e. The molecule has 0 aliphatic heterocycles. The Kier molecular flexibility index (Phi) is 4.53. The van der Waals surface area contributed by atoms with Gasteiger partial charge in [0.05, 0.1) is 11.9 Å². The molecule has 0 radical (unpaired) electrons. The van der Waals surface area contributed by atoms with E-state index in [-0.39, 0.29) is 11.2 Å². The number of hydrogen-bond donors (Lipinski definition) is 1. The number of ether oxygens (including phenoxy) is 1. The van der Waals surface area contributed by atoms with Gasteiger partial charge in [-0.15, -0.1) is 11.8 Å². The number of benzene rings is 1. The molecule has 1 atom stereocenters. The second-order valence-electron chi connectivity index (χ2n) is 4.45. The zero-order valence-electron chi connectivity index (χ0n) is 10.8. The summed E-state index contributed by atoms with van der Waals surface area (Å²) in [7, 11) is 0. The van der Waals surface area contributed by atoms with Gasteiger partial charge in [0.15, 0.2) is 0 Å². The molecule has 0 saturated heterocycles. The molecule has 1 fully saturated rings. The zero-order chi connectivity index (χ0) is 13.0. The van der Waals surface area contributed by atoms with Crippen molar-refractivity contribution in [1.29, 1.82) is 0 Å². The van der Waals surface area contributed by atoms with Crippen LogP contribution < -0.4 is 10.1 Å². The molecule has 0 unspecified atom stereocenters. The fraction of sp³-hybridized carbons (Fsp3) is 0.500. The first-order valence-corrected chi connectivity index (χ1v) is 7.27. The minimum absolute atomic E-state index is 0.0523. The normalized spacial score (nSPS) is 16.1. The Bertz CT molecular complexity index is 401. The van der Waals surface area contributed by atoms with Crippen LogP contribution in [0.5, 0.6) is 5.75 Å². The molecule has 1 aromatic carbocycles. The SMILES string of the molecule is CCOc1ccc(S[C@@H](C)C(=O)NC2CC2)cc1. The van der Waals surface area contributed by atoms with Crippen LogP contribution in [0.15, 0.2) is 29.2 Å². The van der Waals surface area contributed by atoms with Crippen molar-refractivity contribution >= 4 is 17.7 Å². The molecule has 18 heavy (non-hydrogen) atoms. The van der Waals surface area contributed by atoms with Crippen LogP contribution in [-0.2, 0) is 4.79 Å². The van der Waals surface area contributed by atoms with Crippen LogP contribution in [-0.4, -0.2) is 23.8 Å². The Balaban J connectivity index is 1.85. The van der Waals surface area contributed by atoms with Gasteiger partial charge in [0.1, 0.15) is 5.75 Å². The van der Waals surface area contributed by atoms with Crippen molar-refractivity contribution < 1.29 is 9.53 Å². The van der Waals surface area contributed by atoms with Gasteiger partial charge < -0.3 is 10.1 Å². The molecular weight excluding hydrogens is 246 g/mol. The van der Waals surface area contributed by atoms with Crippen LogP contribution >= 0.6 is 11.8 Å². The number of carbonyl (C=O) groups excluding carboxylic acids is 1. The molecule has 0 heterocycles. The van der Waals surface area contributed by atoms with Crippen LogP contribution in [0, 0.1) is 0 Å². The molecular formula is C14H19NO2S. The maximum atomic E-state index is 11.8. The fourth-order valence-corrected chi connectivity index (χ4v) is 2.46. The molecule has 0 spiro atoms. The highest BCUT2D eigenvalue weighted by molar-refractivity contribution is 8.00. The summed E-state index contributed by atoms with van der Waals surface area (Å²) in [6, 6.07) is 8.31. The van der Waals surface area contributed by atoms with Crippen LogP contribution in [0.25, 0.3) is 0 Å². The van der Waals surface area contributed by atoms with Crippen LogP contribution in [0.4, 0.5) is 0 Å². The number of thioether (sulfide) groups is 1. The predicted octanol–water partition coefficient (Wildman–Crippen LogP) is 2.84. The average Bonchev–Trinajstić information content (AvgIpc) is 3.16. The second kappa shape index (κ2) is 6.14. The van der Waals surface area contributed by atoms with Crippen LogP contribution in [0.3, 0.4) is 0 Å². The maximum absolute atomic E-state index is 11.8. The Hall–Kier alpha value is -1.16. The van der Waals surface area contributed by atoms with Gasteiger partial charge in [-0.1, -0.05) is 0 Å².